The van der Waals surface area contributed by atoms with E-state index in [2.05, 4.69) is 6.92 Å². The van der Waals surface area contributed by atoms with Crippen LogP contribution in [0.15, 0.2) is 36.4 Å². The molecule has 0 aromatic heterocycles. The van der Waals surface area contributed by atoms with Gasteiger partial charge in [-0.2, -0.15) is 0 Å². The minimum atomic E-state index is 0.804. The first-order valence-corrected chi connectivity index (χ1v) is 5.67. The van der Waals surface area contributed by atoms with Crippen LogP contribution in [0.1, 0.15) is 16.7 Å². The van der Waals surface area contributed by atoms with Gasteiger partial charge in [0.2, 0.25) is 0 Å². The maximum atomic E-state index is 5.85. The first-order valence-electron chi connectivity index (χ1n) is 5.67. The van der Waals surface area contributed by atoms with Gasteiger partial charge in [-0.05, 0) is 56.2 Å². The van der Waals surface area contributed by atoms with Crippen molar-refractivity contribution < 1.29 is 4.74 Å². The second-order valence-electron chi connectivity index (χ2n) is 4.39. The van der Waals surface area contributed by atoms with Crippen LogP contribution in [-0.2, 0) is 0 Å². The Morgan fingerprint density at radius 1 is 0.882 bits per heavy atom. The summed E-state index contributed by atoms with van der Waals surface area (Å²) in [5.41, 5.74) is 9.97. The summed E-state index contributed by atoms with van der Waals surface area (Å²) in [6.45, 7) is 6.04. The van der Waals surface area contributed by atoms with Crippen molar-refractivity contribution in [3.05, 3.63) is 53.1 Å². The number of ether oxygens (including phenoxy) is 1. The highest BCUT2D eigenvalue weighted by Gasteiger charge is 2.04. The van der Waals surface area contributed by atoms with Crippen LogP contribution in [0.2, 0.25) is 0 Å². The summed E-state index contributed by atoms with van der Waals surface area (Å²) in [7, 11) is 0. The zero-order valence-electron chi connectivity index (χ0n) is 10.4. The zero-order valence-corrected chi connectivity index (χ0v) is 10.4. The molecule has 0 spiro atoms. The summed E-state index contributed by atoms with van der Waals surface area (Å²) >= 11 is 0. The molecule has 0 aliphatic rings. The Balaban J connectivity index is 2.30. The van der Waals surface area contributed by atoms with Crippen LogP contribution in [0.3, 0.4) is 0 Å². The largest absolute Gasteiger partial charge is 0.457 e. The third kappa shape index (κ3) is 2.59. The van der Waals surface area contributed by atoms with Gasteiger partial charge < -0.3 is 10.5 Å². The highest BCUT2D eigenvalue weighted by molar-refractivity contribution is 5.54. The molecule has 2 aromatic rings. The van der Waals surface area contributed by atoms with Gasteiger partial charge in [0, 0.05) is 5.69 Å². The zero-order chi connectivity index (χ0) is 12.4. The highest BCUT2D eigenvalue weighted by atomic mass is 16.5. The molecule has 0 aliphatic carbocycles. The molecule has 0 fully saturated rings. The smallest absolute Gasteiger partial charge is 0.130 e. The number of aryl methyl sites for hydroxylation is 3. The molecule has 2 heteroatoms. The lowest BCUT2D eigenvalue weighted by molar-refractivity contribution is 0.478. The summed E-state index contributed by atoms with van der Waals surface area (Å²) < 4.78 is 5.84. The third-order valence-electron chi connectivity index (χ3n) is 2.81. The van der Waals surface area contributed by atoms with Gasteiger partial charge in [0.15, 0.2) is 0 Å². The van der Waals surface area contributed by atoms with Crippen LogP contribution in [-0.4, -0.2) is 0 Å². The average Bonchev–Trinajstić information content (AvgIpc) is 2.29. The molecule has 2 nitrogen and oxygen atoms in total. The maximum absolute atomic E-state index is 5.85. The number of nitrogens with two attached hydrogens (primary N) is 1. The minimum Gasteiger partial charge on any atom is -0.457 e. The van der Waals surface area contributed by atoms with Crippen molar-refractivity contribution in [2.24, 2.45) is 0 Å². The van der Waals surface area contributed by atoms with E-state index in [0.717, 1.165) is 28.3 Å². The van der Waals surface area contributed by atoms with Crippen LogP contribution in [0.4, 0.5) is 5.69 Å². The standard InChI is InChI=1S/C15H17NO/c1-10-4-6-13(7-5-10)17-15-9-11(2)14(16)8-12(15)3/h4-9H,16H2,1-3H3. The van der Waals surface area contributed by atoms with E-state index in [9.17, 15) is 0 Å². The summed E-state index contributed by atoms with van der Waals surface area (Å²) in [4.78, 5) is 0. The molecule has 0 aliphatic heterocycles. The predicted molar refractivity (Wildman–Crippen MR) is 71.6 cm³/mol. The van der Waals surface area contributed by atoms with Gasteiger partial charge in [-0.15, -0.1) is 0 Å². The van der Waals surface area contributed by atoms with Crippen molar-refractivity contribution in [3.63, 3.8) is 0 Å². The molecule has 2 rings (SSSR count). The lowest BCUT2D eigenvalue weighted by Gasteiger charge is -2.11. The van der Waals surface area contributed by atoms with Crippen molar-refractivity contribution in [2.75, 3.05) is 5.73 Å². The Bertz CT molecular complexity index is 529. The molecule has 17 heavy (non-hydrogen) atoms. The average molecular weight is 227 g/mol. The van der Waals surface area contributed by atoms with Crippen molar-refractivity contribution >= 4 is 5.69 Å². The fraction of sp³-hybridized carbons (Fsp3) is 0.200. The van der Waals surface area contributed by atoms with E-state index in [-0.39, 0.29) is 0 Å². The number of benzene rings is 2. The predicted octanol–water partition coefficient (Wildman–Crippen LogP) is 3.99. The highest BCUT2D eigenvalue weighted by Crippen LogP contribution is 2.28. The SMILES string of the molecule is Cc1ccc(Oc2cc(C)c(N)cc2C)cc1. The maximum Gasteiger partial charge on any atom is 0.130 e. The van der Waals surface area contributed by atoms with Crippen LogP contribution in [0, 0.1) is 20.8 Å². The molecule has 0 amide bonds. The monoisotopic (exact) mass is 227 g/mol. The molecular weight excluding hydrogens is 210 g/mol. The van der Waals surface area contributed by atoms with Gasteiger partial charge in [0.1, 0.15) is 11.5 Å². The molecule has 88 valence electrons. The Morgan fingerprint density at radius 3 is 2.18 bits per heavy atom. The Labute approximate surface area is 102 Å². The van der Waals surface area contributed by atoms with Crippen molar-refractivity contribution in [2.45, 2.75) is 20.8 Å². The van der Waals surface area contributed by atoms with Gasteiger partial charge in [-0.1, -0.05) is 17.7 Å². The van der Waals surface area contributed by atoms with E-state index >= 15 is 0 Å². The van der Waals surface area contributed by atoms with Gasteiger partial charge in [-0.25, -0.2) is 0 Å². The van der Waals surface area contributed by atoms with E-state index in [1.165, 1.54) is 5.56 Å². The molecule has 0 unspecified atom stereocenters. The summed E-state index contributed by atoms with van der Waals surface area (Å²) in [5.74, 6) is 1.71. The van der Waals surface area contributed by atoms with E-state index in [1.54, 1.807) is 0 Å². The topological polar surface area (TPSA) is 35.2 Å². The van der Waals surface area contributed by atoms with Gasteiger partial charge >= 0.3 is 0 Å². The molecule has 0 saturated heterocycles. The fourth-order valence-electron chi connectivity index (χ4n) is 1.66. The Hall–Kier alpha value is -1.96. The van der Waals surface area contributed by atoms with Crippen molar-refractivity contribution in [1.82, 2.24) is 0 Å². The molecule has 2 aromatic carbocycles. The van der Waals surface area contributed by atoms with Crippen molar-refractivity contribution in [3.8, 4) is 11.5 Å². The number of anilines is 1. The first kappa shape index (κ1) is 11.5. The fourth-order valence-corrected chi connectivity index (χ4v) is 1.66. The lowest BCUT2D eigenvalue weighted by atomic mass is 10.1. The molecular formula is C15H17NO. The van der Waals surface area contributed by atoms with E-state index in [0.29, 0.717) is 0 Å². The molecule has 0 atom stereocenters. The van der Waals surface area contributed by atoms with Crippen LogP contribution < -0.4 is 10.5 Å². The summed E-state index contributed by atoms with van der Waals surface area (Å²) in [6, 6.07) is 11.9. The molecule has 0 bridgehead atoms. The van der Waals surface area contributed by atoms with Gasteiger partial charge in [0.25, 0.3) is 0 Å². The van der Waals surface area contributed by atoms with Crippen LogP contribution in [0.25, 0.3) is 0 Å². The van der Waals surface area contributed by atoms with Crippen LogP contribution >= 0.6 is 0 Å². The van der Waals surface area contributed by atoms with Gasteiger partial charge in [0.05, 0.1) is 0 Å². The molecule has 0 saturated carbocycles. The molecule has 0 heterocycles. The summed E-state index contributed by atoms with van der Waals surface area (Å²) in [6.07, 6.45) is 0. The van der Waals surface area contributed by atoms with Crippen LogP contribution in [0.5, 0.6) is 11.5 Å². The minimum absolute atomic E-state index is 0.804. The Kier molecular flexibility index (Phi) is 3.05. The van der Waals surface area contributed by atoms with E-state index in [1.807, 2.05) is 50.2 Å². The number of rotatable bonds is 2. The van der Waals surface area contributed by atoms with Crippen molar-refractivity contribution in [1.29, 1.82) is 0 Å². The molecule has 2 N–H and O–H groups in total. The number of nitrogen functional groups attached to an aromatic ring is 1. The number of hydrogen-bond acceptors (Lipinski definition) is 2. The van der Waals surface area contributed by atoms with E-state index in [4.69, 9.17) is 10.5 Å². The normalized spacial score (nSPS) is 10.3. The lowest BCUT2D eigenvalue weighted by Crippen LogP contribution is -1.94. The second-order valence-corrected chi connectivity index (χ2v) is 4.39. The first-order chi connectivity index (χ1) is 8.06. The molecule has 0 radical (unpaired) electrons. The second kappa shape index (κ2) is 4.50. The third-order valence-corrected chi connectivity index (χ3v) is 2.81. The quantitative estimate of drug-likeness (QED) is 0.787. The summed E-state index contributed by atoms with van der Waals surface area (Å²) in [5, 5.41) is 0. The van der Waals surface area contributed by atoms with E-state index < -0.39 is 0 Å². The number of hydrogen-bond donors (Lipinski definition) is 1. The Morgan fingerprint density at radius 2 is 1.53 bits per heavy atom. The van der Waals surface area contributed by atoms with Gasteiger partial charge in [-0.3, -0.25) is 0 Å².